The molecular weight excluding hydrogens is 466 g/mol. The van der Waals surface area contributed by atoms with Gasteiger partial charge in [-0.15, -0.1) is 0 Å². The maximum Gasteiger partial charge on any atom is 0.126 e. The minimum atomic E-state index is -0.558. The molecule has 1 aliphatic carbocycles. The van der Waals surface area contributed by atoms with Crippen LogP contribution in [0.25, 0.3) is 12.2 Å². The van der Waals surface area contributed by atoms with Crippen LogP contribution in [0.15, 0.2) is 48.6 Å². The summed E-state index contributed by atoms with van der Waals surface area (Å²) in [5, 5.41) is 11.7. The fourth-order valence-corrected chi connectivity index (χ4v) is 6.16. The van der Waals surface area contributed by atoms with Gasteiger partial charge < -0.3 is 10.0 Å². The summed E-state index contributed by atoms with van der Waals surface area (Å²) in [6, 6.07) is 9.79. The largest absolute Gasteiger partial charge is 0.392 e. The third-order valence-electron chi connectivity index (χ3n) is 8.06. The van der Waals surface area contributed by atoms with Crippen molar-refractivity contribution in [3.63, 3.8) is 0 Å². The molecule has 1 atom stereocenters. The summed E-state index contributed by atoms with van der Waals surface area (Å²) in [6.45, 7) is 5.33. The number of rotatable bonds is 6. The Kier molecular flexibility index (Phi) is 7.40. The zero-order valence-corrected chi connectivity index (χ0v) is 20.7. The third kappa shape index (κ3) is 5.69. The first kappa shape index (κ1) is 24.6. The molecule has 6 heteroatoms. The van der Waals surface area contributed by atoms with Gasteiger partial charge >= 0.3 is 0 Å². The molecule has 0 aromatic heterocycles. The number of aliphatic hydroxyl groups is 1. The van der Waals surface area contributed by atoms with E-state index in [1.54, 1.807) is 6.08 Å². The predicted molar refractivity (Wildman–Crippen MR) is 138 cm³/mol. The van der Waals surface area contributed by atoms with Crippen LogP contribution in [0.2, 0.25) is 5.02 Å². The number of benzene rings is 2. The lowest BCUT2D eigenvalue weighted by Gasteiger charge is -2.41. The van der Waals surface area contributed by atoms with Crippen molar-refractivity contribution in [2.24, 2.45) is 5.92 Å². The molecule has 5 rings (SSSR count). The Labute approximate surface area is 211 Å². The Morgan fingerprint density at radius 2 is 1.71 bits per heavy atom. The van der Waals surface area contributed by atoms with Crippen LogP contribution in [-0.4, -0.2) is 60.3 Å². The molecule has 2 heterocycles. The van der Waals surface area contributed by atoms with E-state index in [0.717, 1.165) is 76.0 Å². The first-order valence-electron chi connectivity index (χ1n) is 12.6. The summed E-state index contributed by atoms with van der Waals surface area (Å²) in [4.78, 5) is 4.75. The molecule has 0 radical (unpaired) electrons. The quantitative estimate of drug-likeness (QED) is 0.548. The predicted octanol–water partition coefficient (Wildman–Crippen LogP) is 5.76. The maximum absolute atomic E-state index is 13.3. The number of aliphatic hydroxyl groups excluding tert-OH is 1. The number of halogens is 3. The van der Waals surface area contributed by atoms with Crippen LogP contribution < -0.4 is 0 Å². The van der Waals surface area contributed by atoms with Crippen LogP contribution in [0.3, 0.4) is 0 Å². The lowest BCUT2D eigenvalue weighted by molar-refractivity contribution is 0.0245. The number of piperidine rings is 2. The van der Waals surface area contributed by atoms with Gasteiger partial charge in [-0.3, -0.25) is 4.90 Å². The zero-order valence-electron chi connectivity index (χ0n) is 20.0. The highest BCUT2D eigenvalue weighted by Crippen LogP contribution is 2.44. The molecule has 1 N–H and O–H groups in total. The highest BCUT2D eigenvalue weighted by Gasteiger charge is 2.38. The summed E-state index contributed by atoms with van der Waals surface area (Å²) in [5.74, 6) is -0.798. The topological polar surface area (TPSA) is 26.7 Å². The Morgan fingerprint density at radius 3 is 2.43 bits per heavy atom. The Balaban J connectivity index is 1.06. The van der Waals surface area contributed by atoms with Crippen LogP contribution in [0.1, 0.15) is 42.4 Å². The molecule has 0 amide bonds. The summed E-state index contributed by atoms with van der Waals surface area (Å²) < 4.78 is 26.7. The number of likely N-dealkylation sites (tertiary alicyclic amines) is 2. The molecule has 2 saturated heterocycles. The molecular formula is C29H33ClF2N2O. The van der Waals surface area contributed by atoms with Crippen LogP contribution in [0.4, 0.5) is 8.78 Å². The van der Waals surface area contributed by atoms with E-state index in [0.29, 0.717) is 11.5 Å². The van der Waals surface area contributed by atoms with E-state index >= 15 is 0 Å². The van der Waals surface area contributed by atoms with Crippen molar-refractivity contribution in [1.82, 2.24) is 9.80 Å². The molecule has 1 unspecified atom stereocenters. The standard InChI is InChI=1S/C29H33ClF2N2O/c30-24-3-4-27-23(18-24)5-8-29(27)9-14-34(15-10-29)20-28(35)22-6-12-33(13-7-22)11-1-2-21-16-25(31)19-26(32)17-21/h1-5,8,16-19,22,28,35H,6-7,9-15,20H2/b2-1+. The van der Waals surface area contributed by atoms with Gasteiger partial charge in [0.15, 0.2) is 0 Å². The molecule has 35 heavy (non-hydrogen) atoms. The molecule has 0 bridgehead atoms. The molecule has 2 fully saturated rings. The van der Waals surface area contributed by atoms with Gasteiger partial charge in [0.1, 0.15) is 11.6 Å². The molecule has 0 saturated carbocycles. The fraction of sp³-hybridized carbons (Fsp3) is 0.448. The van der Waals surface area contributed by atoms with Gasteiger partial charge in [0.25, 0.3) is 0 Å². The first-order chi connectivity index (χ1) is 16.9. The number of β-amino-alcohol motifs (C(OH)–C–C–N with tert-alkyl or cyclic N) is 1. The molecule has 3 nitrogen and oxygen atoms in total. The fourth-order valence-electron chi connectivity index (χ4n) is 5.98. The van der Waals surface area contributed by atoms with E-state index in [1.807, 2.05) is 12.1 Å². The zero-order chi connectivity index (χ0) is 24.4. The molecule has 2 aromatic rings. The van der Waals surface area contributed by atoms with Crippen LogP contribution in [0, 0.1) is 17.6 Å². The lowest BCUT2D eigenvalue weighted by atomic mass is 9.74. The molecule has 3 aliphatic rings. The monoisotopic (exact) mass is 498 g/mol. The second-order valence-corrected chi connectivity index (χ2v) is 10.8. The van der Waals surface area contributed by atoms with Gasteiger partial charge in [-0.05, 0) is 98.7 Å². The van der Waals surface area contributed by atoms with E-state index in [2.05, 4.69) is 34.1 Å². The highest BCUT2D eigenvalue weighted by atomic mass is 35.5. The van der Waals surface area contributed by atoms with Crippen molar-refractivity contribution >= 4 is 23.8 Å². The van der Waals surface area contributed by atoms with Crippen LogP contribution >= 0.6 is 11.6 Å². The number of allylic oxidation sites excluding steroid dienone is 1. The second-order valence-electron chi connectivity index (χ2n) is 10.3. The average molecular weight is 499 g/mol. The normalized spacial score (nSPS) is 21.7. The summed E-state index contributed by atoms with van der Waals surface area (Å²) >= 11 is 6.17. The number of nitrogens with zero attached hydrogens (tertiary/aromatic N) is 2. The molecule has 186 valence electrons. The molecule has 2 aromatic carbocycles. The number of hydrogen-bond acceptors (Lipinski definition) is 3. The van der Waals surface area contributed by atoms with E-state index in [4.69, 9.17) is 11.6 Å². The maximum atomic E-state index is 13.3. The number of hydrogen-bond donors (Lipinski definition) is 1. The SMILES string of the molecule is OC(CN1CCC2(C=Cc3cc(Cl)ccc32)CC1)C1CCN(C/C=C/c2cc(F)cc(F)c2)CC1. The van der Waals surface area contributed by atoms with Crippen molar-refractivity contribution in [3.8, 4) is 0 Å². The van der Waals surface area contributed by atoms with E-state index in [-0.39, 0.29) is 11.5 Å². The first-order valence-corrected chi connectivity index (χ1v) is 13.0. The number of fused-ring (bicyclic) bond motifs is 2. The van der Waals surface area contributed by atoms with E-state index < -0.39 is 11.6 Å². The van der Waals surface area contributed by atoms with Crippen molar-refractivity contribution in [3.05, 3.63) is 81.9 Å². The van der Waals surface area contributed by atoms with Crippen molar-refractivity contribution < 1.29 is 13.9 Å². The van der Waals surface area contributed by atoms with Crippen molar-refractivity contribution in [1.29, 1.82) is 0 Å². The van der Waals surface area contributed by atoms with Crippen molar-refractivity contribution in [2.75, 3.05) is 39.3 Å². The van der Waals surface area contributed by atoms with Gasteiger partial charge in [0.2, 0.25) is 0 Å². The molecule has 2 aliphatic heterocycles. The van der Waals surface area contributed by atoms with Gasteiger partial charge in [0, 0.05) is 29.6 Å². The van der Waals surface area contributed by atoms with Crippen LogP contribution in [-0.2, 0) is 5.41 Å². The van der Waals surface area contributed by atoms with Gasteiger partial charge in [0.05, 0.1) is 6.10 Å². The minimum Gasteiger partial charge on any atom is -0.392 e. The third-order valence-corrected chi connectivity index (χ3v) is 8.30. The van der Waals surface area contributed by atoms with Gasteiger partial charge in [-0.25, -0.2) is 8.78 Å². The second kappa shape index (κ2) is 10.5. The van der Waals surface area contributed by atoms with Crippen LogP contribution in [0.5, 0.6) is 0 Å². The van der Waals surface area contributed by atoms with E-state index in [1.165, 1.54) is 23.3 Å². The van der Waals surface area contributed by atoms with E-state index in [9.17, 15) is 13.9 Å². The average Bonchev–Trinajstić information content (AvgIpc) is 3.17. The molecule has 1 spiro atoms. The smallest absolute Gasteiger partial charge is 0.126 e. The highest BCUT2D eigenvalue weighted by molar-refractivity contribution is 6.30. The van der Waals surface area contributed by atoms with Crippen molar-refractivity contribution in [2.45, 2.75) is 37.2 Å². The summed E-state index contributed by atoms with van der Waals surface area (Å²) in [6.07, 6.45) is 12.1. The Morgan fingerprint density at radius 1 is 1.00 bits per heavy atom. The van der Waals surface area contributed by atoms with Gasteiger partial charge in [-0.2, -0.15) is 0 Å². The van der Waals surface area contributed by atoms with Gasteiger partial charge in [-0.1, -0.05) is 42.0 Å². The lowest BCUT2D eigenvalue weighted by Crippen LogP contribution is -2.47. The summed E-state index contributed by atoms with van der Waals surface area (Å²) in [7, 11) is 0. The Bertz CT molecular complexity index is 1080. The summed E-state index contributed by atoms with van der Waals surface area (Å²) in [5.41, 5.74) is 3.30. The minimum absolute atomic E-state index is 0.123. The Hall–Kier alpha value is -2.05.